The summed E-state index contributed by atoms with van der Waals surface area (Å²) in [4.78, 5) is 2.31. The summed E-state index contributed by atoms with van der Waals surface area (Å²) in [5.74, 6) is 1.03. The van der Waals surface area contributed by atoms with Gasteiger partial charge in [-0.15, -0.1) is 0 Å². The summed E-state index contributed by atoms with van der Waals surface area (Å²) in [6, 6.07) is 3.96. The van der Waals surface area contributed by atoms with Gasteiger partial charge < -0.3 is 9.73 Å². The Morgan fingerprint density at radius 3 is 2.39 bits per heavy atom. The third-order valence-electron chi connectivity index (χ3n) is 2.80. The van der Waals surface area contributed by atoms with Crippen LogP contribution in [0.2, 0.25) is 0 Å². The molecule has 0 aliphatic rings. The Labute approximate surface area is 112 Å². The number of rotatable bonds is 6. The van der Waals surface area contributed by atoms with Gasteiger partial charge in [0.15, 0.2) is 0 Å². The number of nitrogens with one attached hydrogen (secondary N) is 1. The van der Waals surface area contributed by atoms with E-state index < -0.39 is 0 Å². The van der Waals surface area contributed by atoms with E-state index >= 15 is 0 Å². The average molecular weight is 252 g/mol. The van der Waals surface area contributed by atoms with Crippen molar-refractivity contribution < 1.29 is 4.42 Å². The largest absolute Gasteiger partial charge is 0.468 e. The van der Waals surface area contributed by atoms with Crippen LogP contribution in [0, 0.1) is 5.41 Å². The zero-order valence-electron chi connectivity index (χ0n) is 12.7. The summed E-state index contributed by atoms with van der Waals surface area (Å²) >= 11 is 0. The van der Waals surface area contributed by atoms with Crippen molar-refractivity contribution in [1.82, 2.24) is 10.2 Å². The van der Waals surface area contributed by atoms with Crippen LogP contribution < -0.4 is 5.32 Å². The summed E-state index contributed by atoms with van der Waals surface area (Å²) in [6.07, 6.45) is 1.73. The lowest BCUT2D eigenvalue weighted by Gasteiger charge is -2.33. The summed E-state index contributed by atoms with van der Waals surface area (Å²) in [5, 5.41) is 3.58. The first-order valence-electron chi connectivity index (χ1n) is 6.64. The Morgan fingerprint density at radius 1 is 1.22 bits per heavy atom. The molecule has 1 heterocycles. The number of hydrogen-bond donors (Lipinski definition) is 1. The summed E-state index contributed by atoms with van der Waals surface area (Å²) in [6.45, 7) is 14.1. The van der Waals surface area contributed by atoms with Gasteiger partial charge in [0.05, 0.1) is 12.8 Å². The third kappa shape index (κ3) is 6.22. The Balaban J connectivity index is 2.39. The summed E-state index contributed by atoms with van der Waals surface area (Å²) in [5.41, 5.74) is 0.422. The highest BCUT2D eigenvalue weighted by Gasteiger charge is 2.22. The quantitative estimate of drug-likeness (QED) is 0.843. The maximum absolute atomic E-state index is 5.38. The smallest absolute Gasteiger partial charge is 0.117 e. The van der Waals surface area contributed by atoms with Crippen molar-refractivity contribution >= 4 is 0 Å². The molecule has 18 heavy (non-hydrogen) atoms. The molecule has 1 aromatic heterocycles. The van der Waals surface area contributed by atoms with E-state index in [0.29, 0.717) is 0 Å². The van der Waals surface area contributed by atoms with E-state index in [0.717, 1.165) is 25.4 Å². The molecular weight excluding hydrogens is 224 g/mol. The first kappa shape index (κ1) is 15.3. The molecule has 0 aliphatic carbocycles. The summed E-state index contributed by atoms with van der Waals surface area (Å²) in [7, 11) is 2.14. The van der Waals surface area contributed by atoms with Gasteiger partial charge in [0.1, 0.15) is 5.76 Å². The molecule has 1 N–H and O–H groups in total. The standard InChI is InChI=1S/C15H28N2O/c1-14(2,3)16-11-15(4,5)12-17(6)10-13-8-7-9-18-13/h7-9,16H,10-12H2,1-6H3. The lowest BCUT2D eigenvalue weighted by atomic mass is 9.91. The van der Waals surface area contributed by atoms with E-state index in [-0.39, 0.29) is 11.0 Å². The van der Waals surface area contributed by atoms with Crippen LogP contribution >= 0.6 is 0 Å². The molecule has 0 unspecified atom stereocenters. The molecule has 0 aromatic carbocycles. The van der Waals surface area contributed by atoms with Crippen LogP contribution in [0.15, 0.2) is 22.8 Å². The second kappa shape index (κ2) is 5.89. The van der Waals surface area contributed by atoms with Crippen LogP contribution in [0.4, 0.5) is 0 Å². The van der Waals surface area contributed by atoms with Gasteiger partial charge >= 0.3 is 0 Å². The Morgan fingerprint density at radius 2 is 1.89 bits per heavy atom. The molecule has 1 aromatic rings. The Hall–Kier alpha value is -0.800. The highest BCUT2D eigenvalue weighted by Crippen LogP contribution is 2.18. The van der Waals surface area contributed by atoms with Crippen LogP contribution in [0.25, 0.3) is 0 Å². The molecule has 0 spiro atoms. The summed E-state index contributed by atoms with van der Waals surface area (Å²) < 4.78 is 5.38. The second-order valence-electron chi connectivity index (χ2n) is 7.02. The van der Waals surface area contributed by atoms with Gasteiger partial charge in [0.2, 0.25) is 0 Å². The van der Waals surface area contributed by atoms with Crippen molar-refractivity contribution in [3.63, 3.8) is 0 Å². The molecule has 3 heteroatoms. The molecule has 0 aliphatic heterocycles. The molecular formula is C15H28N2O. The average Bonchev–Trinajstić information content (AvgIpc) is 2.65. The van der Waals surface area contributed by atoms with Crippen molar-refractivity contribution in [3.8, 4) is 0 Å². The van der Waals surface area contributed by atoms with E-state index in [1.54, 1.807) is 6.26 Å². The zero-order valence-corrected chi connectivity index (χ0v) is 12.7. The van der Waals surface area contributed by atoms with Gasteiger partial charge in [-0.2, -0.15) is 0 Å². The highest BCUT2D eigenvalue weighted by atomic mass is 16.3. The van der Waals surface area contributed by atoms with E-state index in [2.05, 4.69) is 51.9 Å². The molecule has 0 radical (unpaired) electrons. The third-order valence-corrected chi connectivity index (χ3v) is 2.80. The van der Waals surface area contributed by atoms with Crippen LogP contribution in [0.1, 0.15) is 40.4 Å². The predicted molar refractivity (Wildman–Crippen MR) is 76.6 cm³/mol. The molecule has 0 saturated carbocycles. The Bertz CT molecular complexity index is 336. The zero-order chi connectivity index (χ0) is 13.8. The molecule has 1 rings (SSSR count). The highest BCUT2D eigenvalue weighted by molar-refractivity contribution is 4.97. The fourth-order valence-corrected chi connectivity index (χ4v) is 2.02. The molecule has 0 amide bonds. The van der Waals surface area contributed by atoms with Crippen molar-refractivity contribution in [2.75, 3.05) is 20.1 Å². The van der Waals surface area contributed by atoms with E-state index in [1.165, 1.54) is 0 Å². The molecule has 0 bridgehead atoms. The number of nitrogens with zero attached hydrogens (tertiary/aromatic N) is 1. The van der Waals surface area contributed by atoms with Gasteiger partial charge in [-0.1, -0.05) is 13.8 Å². The minimum absolute atomic E-state index is 0.177. The number of furan rings is 1. The van der Waals surface area contributed by atoms with Gasteiger partial charge in [0.25, 0.3) is 0 Å². The molecule has 0 atom stereocenters. The van der Waals surface area contributed by atoms with Crippen LogP contribution in [0.5, 0.6) is 0 Å². The van der Waals surface area contributed by atoms with Gasteiger partial charge in [-0.05, 0) is 45.4 Å². The monoisotopic (exact) mass is 252 g/mol. The second-order valence-corrected chi connectivity index (χ2v) is 7.02. The normalized spacial score (nSPS) is 13.3. The fourth-order valence-electron chi connectivity index (χ4n) is 2.02. The van der Waals surface area contributed by atoms with E-state index in [4.69, 9.17) is 4.42 Å². The van der Waals surface area contributed by atoms with Crippen LogP contribution in [0.3, 0.4) is 0 Å². The molecule has 3 nitrogen and oxygen atoms in total. The molecule has 0 saturated heterocycles. The van der Waals surface area contributed by atoms with E-state index in [1.807, 2.05) is 12.1 Å². The number of hydrogen-bond acceptors (Lipinski definition) is 3. The van der Waals surface area contributed by atoms with Crippen molar-refractivity contribution in [2.24, 2.45) is 5.41 Å². The molecule has 0 fully saturated rings. The minimum atomic E-state index is 0.177. The minimum Gasteiger partial charge on any atom is -0.468 e. The van der Waals surface area contributed by atoms with Crippen molar-refractivity contribution in [3.05, 3.63) is 24.2 Å². The Kier molecular flexibility index (Phi) is 5.00. The predicted octanol–water partition coefficient (Wildman–Crippen LogP) is 3.13. The van der Waals surface area contributed by atoms with Crippen molar-refractivity contribution in [1.29, 1.82) is 0 Å². The fraction of sp³-hybridized carbons (Fsp3) is 0.733. The topological polar surface area (TPSA) is 28.4 Å². The van der Waals surface area contributed by atoms with Gasteiger partial charge in [0, 0.05) is 18.6 Å². The van der Waals surface area contributed by atoms with Crippen LogP contribution in [-0.2, 0) is 6.54 Å². The maximum atomic E-state index is 5.38. The SMILES string of the molecule is CN(Cc1ccco1)CC(C)(C)CNC(C)(C)C. The van der Waals surface area contributed by atoms with E-state index in [9.17, 15) is 0 Å². The van der Waals surface area contributed by atoms with Crippen molar-refractivity contribution in [2.45, 2.75) is 46.7 Å². The van der Waals surface area contributed by atoms with Crippen LogP contribution in [-0.4, -0.2) is 30.6 Å². The van der Waals surface area contributed by atoms with Gasteiger partial charge in [-0.25, -0.2) is 0 Å². The lowest BCUT2D eigenvalue weighted by molar-refractivity contribution is 0.178. The lowest BCUT2D eigenvalue weighted by Crippen LogP contribution is -2.45. The first-order valence-corrected chi connectivity index (χ1v) is 6.64. The molecule has 104 valence electrons. The van der Waals surface area contributed by atoms with Gasteiger partial charge in [-0.3, -0.25) is 4.90 Å². The first-order chi connectivity index (χ1) is 8.18. The maximum Gasteiger partial charge on any atom is 0.117 e.